The molecule has 8 heteroatoms. The van der Waals surface area contributed by atoms with Gasteiger partial charge in [0.2, 0.25) is 5.91 Å². The average molecular weight is 306 g/mol. The third kappa shape index (κ3) is 5.93. The quantitative estimate of drug-likeness (QED) is 0.572. The highest BCUT2D eigenvalue weighted by Crippen LogP contribution is 2.25. The summed E-state index contributed by atoms with van der Waals surface area (Å²) in [6, 6.07) is 3.93. The Balaban J connectivity index is 2.49. The van der Waals surface area contributed by atoms with Gasteiger partial charge in [0, 0.05) is 22.8 Å². The zero-order chi connectivity index (χ0) is 14.5. The van der Waals surface area contributed by atoms with E-state index in [1.54, 1.807) is 0 Å². The number of hydrogen-bond acceptors (Lipinski definition) is 5. The topological polar surface area (TPSA) is 103 Å². The number of anilines is 1. The van der Waals surface area contributed by atoms with Crippen molar-refractivity contribution in [3.8, 4) is 0 Å². The Labute approximate surface area is 115 Å². The van der Waals surface area contributed by atoms with Crippen molar-refractivity contribution in [2.75, 3.05) is 23.0 Å². The molecule has 0 aliphatic carbocycles. The van der Waals surface area contributed by atoms with Crippen LogP contribution >= 0.6 is 11.8 Å². The van der Waals surface area contributed by atoms with Gasteiger partial charge in [-0.05, 0) is 18.2 Å². The van der Waals surface area contributed by atoms with Crippen molar-refractivity contribution in [3.05, 3.63) is 24.0 Å². The fourth-order valence-electron chi connectivity index (χ4n) is 1.27. The van der Waals surface area contributed by atoms with Gasteiger partial charge >= 0.3 is 0 Å². The molecule has 0 atom stereocenters. The molecular weight excluding hydrogens is 291 g/mol. The monoisotopic (exact) mass is 306 g/mol. The first-order valence-electron chi connectivity index (χ1n) is 5.47. The first-order chi connectivity index (χ1) is 8.80. The van der Waals surface area contributed by atoms with Gasteiger partial charge in [0.25, 0.3) is 0 Å². The SMILES string of the molecule is NC(=O)CCS(=O)(=O)CCSc1cc(F)ccc1N. The first-order valence-corrected chi connectivity index (χ1v) is 8.27. The van der Waals surface area contributed by atoms with Gasteiger partial charge in [-0.2, -0.15) is 0 Å². The van der Waals surface area contributed by atoms with E-state index in [9.17, 15) is 17.6 Å². The highest BCUT2D eigenvalue weighted by molar-refractivity contribution is 8.00. The van der Waals surface area contributed by atoms with E-state index >= 15 is 0 Å². The standard InChI is InChI=1S/C11H15FN2O3S2/c12-8-1-2-9(13)10(7-8)18-4-6-19(16,17)5-3-11(14)15/h1-2,7H,3-6,13H2,(H2,14,15). The summed E-state index contributed by atoms with van der Waals surface area (Å²) >= 11 is 1.16. The second kappa shape index (κ2) is 6.76. The number of carbonyl (C=O) groups excluding carboxylic acids is 1. The summed E-state index contributed by atoms with van der Waals surface area (Å²) in [5.74, 6) is -1.20. The van der Waals surface area contributed by atoms with E-state index in [2.05, 4.69) is 0 Å². The minimum Gasteiger partial charge on any atom is -0.398 e. The Bertz CT molecular complexity index is 561. The number of thioether (sulfide) groups is 1. The molecule has 0 aliphatic rings. The minimum absolute atomic E-state index is 0.110. The molecule has 0 aromatic heterocycles. The average Bonchev–Trinajstić information content (AvgIpc) is 2.31. The summed E-state index contributed by atoms with van der Waals surface area (Å²) in [6.07, 6.45) is -0.185. The number of hydrogen-bond donors (Lipinski definition) is 2. The molecule has 0 bridgehead atoms. The Morgan fingerprint density at radius 1 is 1.32 bits per heavy atom. The van der Waals surface area contributed by atoms with E-state index in [1.165, 1.54) is 18.2 Å². The van der Waals surface area contributed by atoms with Gasteiger partial charge in [-0.15, -0.1) is 11.8 Å². The van der Waals surface area contributed by atoms with Gasteiger partial charge in [0.1, 0.15) is 5.82 Å². The van der Waals surface area contributed by atoms with Crippen LogP contribution in [0.25, 0.3) is 0 Å². The summed E-state index contributed by atoms with van der Waals surface area (Å²) in [7, 11) is -3.33. The fourth-order valence-corrected chi connectivity index (χ4v) is 3.99. The maximum absolute atomic E-state index is 13.0. The number of carbonyl (C=O) groups is 1. The summed E-state index contributed by atoms with van der Waals surface area (Å²) in [6.45, 7) is 0. The molecular formula is C11H15FN2O3S2. The second-order valence-electron chi connectivity index (χ2n) is 3.90. The number of nitrogen functional groups attached to an aromatic ring is 1. The lowest BCUT2D eigenvalue weighted by Gasteiger charge is -2.06. The number of benzene rings is 1. The van der Waals surface area contributed by atoms with Crippen LogP contribution in [-0.2, 0) is 14.6 Å². The van der Waals surface area contributed by atoms with Gasteiger partial charge < -0.3 is 11.5 Å². The molecule has 1 aromatic rings. The van der Waals surface area contributed by atoms with Crippen LogP contribution in [0.3, 0.4) is 0 Å². The van der Waals surface area contributed by atoms with E-state index < -0.39 is 21.6 Å². The highest BCUT2D eigenvalue weighted by atomic mass is 32.2. The summed E-state index contributed by atoms with van der Waals surface area (Å²) in [5.41, 5.74) is 10.9. The molecule has 0 aliphatic heterocycles. The second-order valence-corrected chi connectivity index (χ2v) is 7.34. The van der Waals surface area contributed by atoms with Gasteiger partial charge in [0.15, 0.2) is 9.84 Å². The van der Waals surface area contributed by atoms with Crippen LogP contribution in [0.4, 0.5) is 10.1 Å². The number of rotatable bonds is 7. The molecule has 0 saturated heterocycles. The minimum atomic E-state index is -3.33. The van der Waals surface area contributed by atoms with E-state index in [-0.39, 0.29) is 23.7 Å². The molecule has 0 saturated carbocycles. The van der Waals surface area contributed by atoms with Crippen LogP contribution in [-0.4, -0.2) is 31.6 Å². The Hall–Kier alpha value is -1.28. The maximum Gasteiger partial charge on any atom is 0.218 e. The van der Waals surface area contributed by atoms with Crippen molar-refractivity contribution >= 4 is 33.2 Å². The molecule has 0 fully saturated rings. The third-order valence-corrected chi connectivity index (χ3v) is 5.27. The number of halogens is 1. The lowest BCUT2D eigenvalue weighted by atomic mass is 10.3. The Kier molecular flexibility index (Phi) is 5.61. The van der Waals surface area contributed by atoms with Crippen molar-refractivity contribution in [2.45, 2.75) is 11.3 Å². The van der Waals surface area contributed by atoms with Crippen LogP contribution in [0.15, 0.2) is 23.1 Å². The number of sulfone groups is 1. The van der Waals surface area contributed by atoms with Crippen LogP contribution < -0.4 is 11.5 Å². The molecule has 0 heterocycles. The summed E-state index contributed by atoms with van der Waals surface area (Å²) in [5, 5.41) is 0. The molecule has 5 nitrogen and oxygen atoms in total. The maximum atomic E-state index is 13.0. The molecule has 4 N–H and O–H groups in total. The van der Waals surface area contributed by atoms with Gasteiger partial charge in [-0.3, -0.25) is 4.79 Å². The van der Waals surface area contributed by atoms with Crippen LogP contribution in [0.1, 0.15) is 6.42 Å². The molecule has 1 rings (SSSR count). The molecule has 106 valence electrons. The Morgan fingerprint density at radius 2 is 2.00 bits per heavy atom. The molecule has 0 unspecified atom stereocenters. The van der Waals surface area contributed by atoms with Crippen LogP contribution in [0.2, 0.25) is 0 Å². The molecule has 0 spiro atoms. The largest absolute Gasteiger partial charge is 0.398 e. The lowest BCUT2D eigenvalue weighted by Crippen LogP contribution is -2.19. The number of nitrogens with two attached hydrogens (primary N) is 2. The van der Waals surface area contributed by atoms with Gasteiger partial charge in [-0.1, -0.05) is 0 Å². The summed E-state index contributed by atoms with van der Waals surface area (Å²) in [4.78, 5) is 11.0. The van der Waals surface area contributed by atoms with Crippen molar-refractivity contribution < 1.29 is 17.6 Å². The van der Waals surface area contributed by atoms with Gasteiger partial charge in [0.05, 0.1) is 11.5 Å². The fraction of sp³-hybridized carbons (Fsp3) is 0.364. The van der Waals surface area contributed by atoms with Crippen molar-refractivity contribution in [1.29, 1.82) is 0 Å². The zero-order valence-corrected chi connectivity index (χ0v) is 11.8. The smallest absolute Gasteiger partial charge is 0.218 e. The predicted octanol–water partition coefficient (Wildman–Crippen LogP) is 0.790. The predicted molar refractivity (Wildman–Crippen MR) is 74.0 cm³/mol. The van der Waals surface area contributed by atoms with E-state index in [0.29, 0.717) is 10.6 Å². The van der Waals surface area contributed by atoms with E-state index in [4.69, 9.17) is 11.5 Å². The zero-order valence-electron chi connectivity index (χ0n) is 10.1. The summed E-state index contributed by atoms with van der Waals surface area (Å²) < 4.78 is 36.1. The Morgan fingerprint density at radius 3 is 2.63 bits per heavy atom. The van der Waals surface area contributed by atoms with Crippen molar-refractivity contribution in [2.24, 2.45) is 5.73 Å². The first kappa shape index (κ1) is 15.8. The lowest BCUT2D eigenvalue weighted by molar-refractivity contribution is -0.117. The number of amides is 1. The van der Waals surface area contributed by atoms with E-state index in [0.717, 1.165) is 11.8 Å². The molecule has 0 radical (unpaired) electrons. The van der Waals surface area contributed by atoms with E-state index in [1.807, 2.05) is 0 Å². The molecule has 1 aromatic carbocycles. The molecule has 19 heavy (non-hydrogen) atoms. The van der Waals surface area contributed by atoms with Crippen LogP contribution in [0, 0.1) is 5.82 Å². The van der Waals surface area contributed by atoms with Crippen molar-refractivity contribution in [3.63, 3.8) is 0 Å². The molecule has 1 amide bonds. The number of primary amides is 1. The highest BCUT2D eigenvalue weighted by Gasteiger charge is 2.13. The van der Waals surface area contributed by atoms with Crippen molar-refractivity contribution in [1.82, 2.24) is 0 Å². The van der Waals surface area contributed by atoms with Gasteiger partial charge in [-0.25, -0.2) is 12.8 Å². The normalized spacial score (nSPS) is 11.4. The third-order valence-electron chi connectivity index (χ3n) is 2.29. The van der Waals surface area contributed by atoms with Crippen LogP contribution in [0.5, 0.6) is 0 Å².